The van der Waals surface area contributed by atoms with Gasteiger partial charge in [0.05, 0.1) is 27.8 Å². The lowest BCUT2D eigenvalue weighted by Crippen LogP contribution is -2.41. The third kappa shape index (κ3) is 4.71. The summed E-state index contributed by atoms with van der Waals surface area (Å²) in [6.07, 6.45) is 1.56. The van der Waals surface area contributed by atoms with Gasteiger partial charge in [0.2, 0.25) is 5.91 Å². The minimum absolute atomic E-state index is 0.0467. The molecule has 0 bridgehead atoms. The largest absolute Gasteiger partial charge is 0.341 e. The van der Waals surface area contributed by atoms with E-state index in [1.54, 1.807) is 11.9 Å². The number of hydrogen-bond acceptors (Lipinski definition) is 5. The van der Waals surface area contributed by atoms with Crippen LogP contribution in [0, 0.1) is 5.92 Å². The molecule has 0 unspecified atom stereocenters. The van der Waals surface area contributed by atoms with Crippen molar-refractivity contribution in [1.82, 2.24) is 14.5 Å². The molecule has 8 heteroatoms. The second kappa shape index (κ2) is 8.45. The molecule has 2 atom stereocenters. The van der Waals surface area contributed by atoms with Crippen molar-refractivity contribution in [3.8, 4) is 0 Å². The number of benzene rings is 1. The fourth-order valence-electron chi connectivity index (χ4n) is 3.50. The number of hydrogen-bond donors (Lipinski definition) is 0. The Bertz CT molecular complexity index is 953. The number of para-hydroxylation sites is 2. The minimum atomic E-state index is -3.02. The van der Waals surface area contributed by atoms with Gasteiger partial charge in [-0.1, -0.05) is 37.7 Å². The molecular weight excluding hydrogens is 394 g/mol. The summed E-state index contributed by atoms with van der Waals surface area (Å²) in [6, 6.07) is 7.81. The van der Waals surface area contributed by atoms with Crippen LogP contribution in [-0.2, 0) is 21.2 Å². The average Bonchev–Trinajstić information content (AvgIpc) is 3.17. The number of carbonyl (C=O) groups is 1. The van der Waals surface area contributed by atoms with E-state index < -0.39 is 9.84 Å². The SMILES string of the molecule is CC(C)CCn1c(S[C@H](C)C(=O)N(C)[C@H]2CCS(=O)(=O)C2)nc2ccccc21. The summed E-state index contributed by atoms with van der Waals surface area (Å²) < 4.78 is 25.7. The van der Waals surface area contributed by atoms with E-state index in [1.165, 1.54) is 11.8 Å². The van der Waals surface area contributed by atoms with Gasteiger partial charge in [-0.2, -0.15) is 0 Å². The van der Waals surface area contributed by atoms with Crippen LogP contribution in [0.15, 0.2) is 29.4 Å². The van der Waals surface area contributed by atoms with E-state index in [1.807, 2.05) is 25.1 Å². The number of aromatic nitrogens is 2. The van der Waals surface area contributed by atoms with Crippen molar-refractivity contribution in [3.05, 3.63) is 24.3 Å². The van der Waals surface area contributed by atoms with Crippen molar-refractivity contribution >= 4 is 38.5 Å². The predicted octanol–water partition coefficient (Wildman–Crippen LogP) is 3.21. The molecule has 0 radical (unpaired) electrons. The summed E-state index contributed by atoms with van der Waals surface area (Å²) in [5.74, 6) is 0.768. The second-order valence-corrected chi connectivity index (χ2v) is 11.5. The number of aryl methyl sites for hydroxylation is 1. The van der Waals surface area contributed by atoms with Crippen LogP contribution in [0.5, 0.6) is 0 Å². The van der Waals surface area contributed by atoms with E-state index in [2.05, 4.69) is 24.5 Å². The van der Waals surface area contributed by atoms with Gasteiger partial charge < -0.3 is 9.47 Å². The zero-order chi connectivity index (χ0) is 20.5. The molecule has 0 saturated carbocycles. The monoisotopic (exact) mass is 423 g/mol. The first kappa shape index (κ1) is 21.2. The van der Waals surface area contributed by atoms with Gasteiger partial charge in [0, 0.05) is 19.6 Å². The van der Waals surface area contributed by atoms with Crippen molar-refractivity contribution in [3.63, 3.8) is 0 Å². The lowest BCUT2D eigenvalue weighted by molar-refractivity contribution is -0.130. The Morgan fingerprint density at radius 1 is 1.32 bits per heavy atom. The van der Waals surface area contributed by atoms with Crippen molar-refractivity contribution in [2.75, 3.05) is 18.6 Å². The van der Waals surface area contributed by atoms with Gasteiger partial charge in [0.1, 0.15) is 0 Å². The number of amides is 1. The van der Waals surface area contributed by atoms with Gasteiger partial charge in [-0.05, 0) is 37.8 Å². The molecule has 1 aromatic carbocycles. The van der Waals surface area contributed by atoms with Gasteiger partial charge in [0.15, 0.2) is 15.0 Å². The van der Waals surface area contributed by atoms with E-state index >= 15 is 0 Å². The van der Waals surface area contributed by atoms with Crippen molar-refractivity contribution in [2.45, 2.75) is 56.6 Å². The molecule has 28 heavy (non-hydrogen) atoms. The molecule has 1 aliphatic rings. The molecule has 3 rings (SSSR count). The topological polar surface area (TPSA) is 72.3 Å². The van der Waals surface area contributed by atoms with Gasteiger partial charge >= 0.3 is 0 Å². The first-order chi connectivity index (χ1) is 13.2. The zero-order valence-corrected chi connectivity index (χ0v) is 18.6. The summed E-state index contributed by atoms with van der Waals surface area (Å²) in [6.45, 7) is 7.13. The maximum atomic E-state index is 12.9. The van der Waals surface area contributed by atoms with Gasteiger partial charge in [0.25, 0.3) is 0 Å². The summed E-state index contributed by atoms with van der Waals surface area (Å²) >= 11 is 1.45. The third-order valence-corrected chi connectivity index (χ3v) is 8.11. The maximum Gasteiger partial charge on any atom is 0.235 e. The molecule has 1 aliphatic heterocycles. The second-order valence-electron chi connectivity index (χ2n) is 7.98. The van der Waals surface area contributed by atoms with E-state index in [-0.39, 0.29) is 28.7 Å². The van der Waals surface area contributed by atoms with Crippen LogP contribution in [0.1, 0.15) is 33.6 Å². The number of nitrogens with zero attached hydrogens (tertiary/aromatic N) is 3. The molecule has 0 aliphatic carbocycles. The molecule has 0 spiro atoms. The lowest BCUT2D eigenvalue weighted by atomic mass is 10.1. The summed E-state index contributed by atoms with van der Waals surface area (Å²) in [4.78, 5) is 19.3. The van der Waals surface area contributed by atoms with E-state index in [0.717, 1.165) is 29.2 Å². The smallest absolute Gasteiger partial charge is 0.235 e. The molecule has 1 amide bonds. The van der Waals surface area contributed by atoms with Crippen LogP contribution in [-0.4, -0.2) is 58.6 Å². The fraction of sp³-hybridized carbons (Fsp3) is 0.600. The van der Waals surface area contributed by atoms with Gasteiger partial charge in [-0.25, -0.2) is 13.4 Å². The molecule has 2 aromatic rings. The quantitative estimate of drug-likeness (QED) is 0.640. The zero-order valence-electron chi connectivity index (χ0n) is 17.0. The average molecular weight is 424 g/mol. The highest BCUT2D eigenvalue weighted by Gasteiger charge is 2.34. The fourth-order valence-corrected chi connectivity index (χ4v) is 6.33. The van der Waals surface area contributed by atoms with Crippen LogP contribution in [0.2, 0.25) is 0 Å². The Labute approximate surface area is 171 Å². The molecule has 1 aromatic heterocycles. The highest BCUT2D eigenvalue weighted by atomic mass is 32.2. The normalized spacial score (nSPS) is 20.0. The van der Waals surface area contributed by atoms with Gasteiger partial charge in [-0.3, -0.25) is 4.79 Å². The van der Waals surface area contributed by atoms with E-state index in [9.17, 15) is 13.2 Å². The Hall–Kier alpha value is -1.54. The van der Waals surface area contributed by atoms with Crippen molar-refractivity contribution in [2.24, 2.45) is 5.92 Å². The van der Waals surface area contributed by atoms with Crippen LogP contribution in [0.25, 0.3) is 11.0 Å². The van der Waals surface area contributed by atoms with Crippen LogP contribution in [0.3, 0.4) is 0 Å². The first-order valence-corrected chi connectivity index (χ1v) is 12.5. The standard InChI is InChI=1S/C20H29N3O3S2/c1-14(2)9-11-23-18-8-6-5-7-17(18)21-20(23)27-15(3)19(24)22(4)16-10-12-28(25,26)13-16/h5-8,14-16H,9-13H2,1-4H3/t15-,16+/m1/s1. The van der Waals surface area contributed by atoms with E-state index in [0.29, 0.717) is 12.3 Å². The van der Waals surface area contributed by atoms with Crippen molar-refractivity contribution in [1.29, 1.82) is 0 Å². The first-order valence-electron chi connectivity index (χ1n) is 9.77. The van der Waals surface area contributed by atoms with Gasteiger partial charge in [-0.15, -0.1) is 0 Å². The number of imidazole rings is 1. The summed E-state index contributed by atoms with van der Waals surface area (Å²) in [5, 5.41) is 0.512. The molecule has 1 saturated heterocycles. The Balaban J connectivity index is 1.77. The highest BCUT2D eigenvalue weighted by molar-refractivity contribution is 8.00. The summed E-state index contributed by atoms with van der Waals surface area (Å²) in [7, 11) is -1.30. The number of fused-ring (bicyclic) bond motifs is 1. The predicted molar refractivity (Wildman–Crippen MR) is 114 cm³/mol. The molecule has 2 heterocycles. The van der Waals surface area contributed by atoms with Crippen LogP contribution >= 0.6 is 11.8 Å². The Kier molecular flexibility index (Phi) is 6.39. The number of sulfone groups is 1. The number of rotatable bonds is 7. The number of thioether (sulfide) groups is 1. The lowest BCUT2D eigenvalue weighted by Gasteiger charge is -2.26. The Morgan fingerprint density at radius 3 is 2.68 bits per heavy atom. The van der Waals surface area contributed by atoms with Crippen molar-refractivity contribution < 1.29 is 13.2 Å². The molecule has 1 fully saturated rings. The highest BCUT2D eigenvalue weighted by Crippen LogP contribution is 2.29. The third-order valence-electron chi connectivity index (χ3n) is 5.28. The number of carbonyl (C=O) groups excluding carboxylic acids is 1. The van der Waals surface area contributed by atoms with E-state index in [4.69, 9.17) is 4.98 Å². The van der Waals surface area contributed by atoms with Crippen LogP contribution < -0.4 is 0 Å². The Morgan fingerprint density at radius 2 is 2.04 bits per heavy atom. The molecule has 0 N–H and O–H groups in total. The maximum absolute atomic E-state index is 12.9. The minimum Gasteiger partial charge on any atom is -0.341 e. The van der Waals surface area contributed by atoms with Crippen LogP contribution in [0.4, 0.5) is 0 Å². The molecule has 154 valence electrons. The molecular formula is C20H29N3O3S2. The summed E-state index contributed by atoms with van der Waals surface area (Å²) in [5.41, 5.74) is 2.02. The molecule has 6 nitrogen and oxygen atoms in total.